The normalized spacial score (nSPS) is 17.8. The van der Waals surface area contributed by atoms with Gasteiger partial charge >= 0.3 is 0 Å². The number of hydrogen-bond donors (Lipinski definition) is 0. The van der Waals surface area contributed by atoms with E-state index in [0.717, 1.165) is 39.7 Å². The van der Waals surface area contributed by atoms with Crippen LogP contribution in [-0.4, -0.2) is 62.6 Å². The van der Waals surface area contributed by atoms with Gasteiger partial charge in [0, 0.05) is 42.6 Å². The van der Waals surface area contributed by atoms with Crippen molar-refractivity contribution in [3.63, 3.8) is 0 Å². The molecule has 1 fully saturated rings. The summed E-state index contributed by atoms with van der Waals surface area (Å²) in [7, 11) is -1.49. The van der Waals surface area contributed by atoms with E-state index in [2.05, 4.69) is 25.8 Å². The molecule has 28 heavy (non-hydrogen) atoms. The smallest absolute Gasteiger partial charge is 0.244 e. The molecule has 1 aromatic heterocycles. The average Bonchev–Trinajstić information content (AvgIpc) is 3.14. The molecule has 4 rings (SSSR count). The first-order valence-electron chi connectivity index (χ1n) is 8.79. The number of aromatic nitrogens is 1. The molecule has 0 spiro atoms. The number of pyridine rings is 1. The molecule has 2 aliphatic rings. The molecule has 2 aromatic rings. The third-order valence-corrected chi connectivity index (χ3v) is 8.34. The Labute approximate surface area is 177 Å². The fourth-order valence-electron chi connectivity index (χ4n) is 3.00. The van der Waals surface area contributed by atoms with Crippen LogP contribution in [0.5, 0.6) is 11.5 Å². The maximum Gasteiger partial charge on any atom is 0.244 e. The van der Waals surface area contributed by atoms with Gasteiger partial charge in [-0.3, -0.25) is 0 Å². The van der Waals surface area contributed by atoms with E-state index in [1.54, 1.807) is 12.1 Å². The van der Waals surface area contributed by atoms with Crippen LogP contribution in [-0.2, 0) is 15.8 Å². The lowest BCUT2D eigenvalue weighted by molar-refractivity contribution is 0.174. The fraction of sp³-hybridized carbons (Fsp3) is 0.389. The van der Waals surface area contributed by atoms with Crippen LogP contribution < -0.4 is 9.47 Å². The topological polar surface area (TPSA) is 72.0 Å². The van der Waals surface area contributed by atoms with Crippen molar-refractivity contribution in [1.29, 1.82) is 0 Å². The number of piperazine rings is 1. The molecule has 0 amide bonds. The second kappa shape index (κ2) is 8.19. The number of sulfonamides is 1. The predicted octanol–water partition coefficient (Wildman–Crippen LogP) is 2.80. The van der Waals surface area contributed by atoms with Gasteiger partial charge in [-0.1, -0.05) is 15.9 Å². The summed E-state index contributed by atoms with van der Waals surface area (Å²) in [6, 6.07) is 7.25. The highest BCUT2D eigenvalue weighted by Crippen LogP contribution is 2.38. The van der Waals surface area contributed by atoms with Crippen LogP contribution in [0.4, 0.5) is 0 Å². The lowest BCUT2D eigenvalue weighted by atomic mass is 10.2. The van der Waals surface area contributed by atoms with E-state index in [1.165, 1.54) is 22.3 Å². The number of fused-ring (bicyclic) bond motifs is 1. The molecule has 0 bridgehead atoms. The molecule has 0 unspecified atom stereocenters. The van der Waals surface area contributed by atoms with Crippen LogP contribution in [0.25, 0.3) is 0 Å². The fourth-order valence-corrected chi connectivity index (χ4v) is 5.85. The summed E-state index contributed by atoms with van der Waals surface area (Å²) in [6.45, 7) is 2.74. The monoisotopic (exact) mass is 485 g/mol. The SMILES string of the molecule is CN1CCN(S(=O)(=O)c2ccc(SCc3cc4c(cc3Br)OCO4)nc2)CC1. The third-order valence-electron chi connectivity index (χ3n) is 4.73. The van der Waals surface area contributed by atoms with Crippen molar-refractivity contribution in [2.45, 2.75) is 15.7 Å². The Morgan fingerprint density at radius 3 is 2.54 bits per heavy atom. The molecule has 2 aliphatic heterocycles. The molecule has 0 aliphatic carbocycles. The van der Waals surface area contributed by atoms with E-state index >= 15 is 0 Å². The van der Waals surface area contributed by atoms with Crippen molar-refractivity contribution in [2.24, 2.45) is 0 Å². The highest BCUT2D eigenvalue weighted by Gasteiger charge is 2.27. The summed E-state index contributed by atoms with van der Waals surface area (Å²) in [5.74, 6) is 2.15. The lowest BCUT2D eigenvalue weighted by Crippen LogP contribution is -2.47. The molecule has 1 aromatic carbocycles. The molecule has 0 radical (unpaired) electrons. The van der Waals surface area contributed by atoms with E-state index in [-0.39, 0.29) is 11.7 Å². The van der Waals surface area contributed by atoms with Gasteiger partial charge in [-0.15, -0.1) is 11.8 Å². The summed E-state index contributed by atoms with van der Waals surface area (Å²) in [5.41, 5.74) is 1.06. The standard InChI is InChI=1S/C18H20BrN3O4S2/c1-21-4-6-22(7-5-21)28(23,24)14-2-3-18(20-10-14)27-11-13-8-16-17(9-15(13)19)26-12-25-16/h2-3,8-10H,4-7,11-12H2,1H3. The van der Waals surface area contributed by atoms with Crippen LogP contribution in [0.15, 0.2) is 44.9 Å². The number of hydrogen-bond acceptors (Lipinski definition) is 7. The van der Waals surface area contributed by atoms with Crippen LogP contribution in [0.2, 0.25) is 0 Å². The van der Waals surface area contributed by atoms with Gasteiger partial charge in [0.05, 0.1) is 5.03 Å². The molecular formula is C18H20BrN3O4S2. The number of benzene rings is 1. The van der Waals surface area contributed by atoms with Gasteiger partial charge in [0.15, 0.2) is 11.5 Å². The van der Waals surface area contributed by atoms with Gasteiger partial charge in [0.25, 0.3) is 0 Å². The highest BCUT2D eigenvalue weighted by molar-refractivity contribution is 9.10. The Hall–Kier alpha value is -1.33. The second-order valence-corrected chi connectivity index (χ2v) is 10.4. The second-order valence-electron chi connectivity index (χ2n) is 6.63. The summed E-state index contributed by atoms with van der Waals surface area (Å²) < 4.78 is 38.8. The number of nitrogens with zero attached hydrogens (tertiary/aromatic N) is 3. The summed E-state index contributed by atoms with van der Waals surface area (Å²) in [6.07, 6.45) is 1.45. The first-order valence-corrected chi connectivity index (χ1v) is 12.0. The van der Waals surface area contributed by atoms with Crippen LogP contribution in [0.1, 0.15) is 5.56 Å². The van der Waals surface area contributed by atoms with Crippen LogP contribution in [0.3, 0.4) is 0 Å². The Balaban J connectivity index is 1.42. The van der Waals surface area contributed by atoms with Gasteiger partial charge in [-0.25, -0.2) is 13.4 Å². The number of halogens is 1. The largest absolute Gasteiger partial charge is 0.454 e. The molecule has 0 saturated carbocycles. The molecule has 1 saturated heterocycles. The zero-order valence-corrected chi connectivity index (χ0v) is 18.5. The molecule has 150 valence electrons. The van der Waals surface area contributed by atoms with Crippen molar-refractivity contribution in [3.8, 4) is 11.5 Å². The van der Waals surface area contributed by atoms with Gasteiger partial charge in [-0.2, -0.15) is 4.31 Å². The average molecular weight is 486 g/mol. The maximum atomic E-state index is 12.8. The summed E-state index contributed by atoms with van der Waals surface area (Å²) in [4.78, 5) is 6.71. The zero-order chi connectivity index (χ0) is 19.7. The quantitative estimate of drug-likeness (QED) is 0.602. The van der Waals surface area contributed by atoms with Gasteiger partial charge in [0.2, 0.25) is 16.8 Å². The van der Waals surface area contributed by atoms with Gasteiger partial charge < -0.3 is 14.4 Å². The first kappa shape index (κ1) is 20.0. The van der Waals surface area contributed by atoms with Crippen molar-refractivity contribution in [1.82, 2.24) is 14.2 Å². The van der Waals surface area contributed by atoms with Crippen LogP contribution in [0, 0.1) is 0 Å². The van der Waals surface area contributed by atoms with Crippen molar-refractivity contribution in [3.05, 3.63) is 40.5 Å². The highest BCUT2D eigenvalue weighted by atomic mass is 79.9. The molecule has 10 heteroatoms. The van der Waals surface area contributed by atoms with E-state index < -0.39 is 10.0 Å². The Morgan fingerprint density at radius 1 is 1.14 bits per heavy atom. The Kier molecular flexibility index (Phi) is 5.84. The van der Waals surface area contributed by atoms with Gasteiger partial charge in [-0.05, 0) is 36.9 Å². The Bertz CT molecular complexity index is 962. The maximum absolute atomic E-state index is 12.8. The Morgan fingerprint density at radius 2 is 1.86 bits per heavy atom. The minimum atomic E-state index is -3.49. The van der Waals surface area contributed by atoms with E-state index in [9.17, 15) is 8.42 Å². The molecule has 3 heterocycles. The zero-order valence-electron chi connectivity index (χ0n) is 15.3. The number of rotatable bonds is 5. The van der Waals surface area contributed by atoms with Crippen molar-refractivity contribution in [2.75, 3.05) is 40.0 Å². The molecule has 0 N–H and O–H groups in total. The van der Waals surface area contributed by atoms with Crippen LogP contribution >= 0.6 is 27.7 Å². The summed E-state index contributed by atoms with van der Waals surface area (Å²) >= 11 is 5.09. The third kappa shape index (κ3) is 4.16. The first-order chi connectivity index (χ1) is 13.4. The summed E-state index contributed by atoms with van der Waals surface area (Å²) in [5, 5.41) is 0.766. The van der Waals surface area contributed by atoms with Crippen molar-refractivity contribution >= 4 is 37.7 Å². The van der Waals surface area contributed by atoms with E-state index in [0.29, 0.717) is 18.8 Å². The number of ether oxygens (including phenoxy) is 2. The number of likely N-dealkylation sites (N-methyl/N-ethyl adjacent to an activating group) is 1. The minimum absolute atomic E-state index is 0.239. The van der Waals surface area contributed by atoms with E-state index in [4.69, 9.17) is 9.47 Å². The number of thioether (sulfide) groups is 1. The minimum Gasteiger partial charge on any atom is -0.454 e. The van der Waals surface area contributed by atoms with Crippen molar-refractivity contribution < 1.29 is 17.9 Å². The molecule has 7 nitrogen and oxygen atoms in total. The molecule has 0 atom stereocenters. The predicted molar refractivity (Wildman–Crippen MR) is 110 cm³/mol. The van der Waals surface area contributed by atoms with E-state index in [1.807, 2.05) is 19.2 Å². The van der Waals surface area contributed by atoms with Gasteiger partial charge in [0.1, 0.15) is 4.90 Å². The molecular weight excluding hydrogens is 466 g/mol. The lowest BCUT2D eigenvalue weighted by Gasteiger charge is -2.31.